The van der Waals surface area contributed by atoms with Crippen molar-refractivity contribution in [1.29, 1.82) is 0 Å². The Morgan fingerprint density at radius 1 is 1.07 bits per heavy atom. The number of benzene rings is 1. The van der Waals surface area contributed by atoms with E-state index in [0.717, 1.165) is 47.2 Å². The molecule has 4 aliphatic carbocycles. The lowest BCUT2D eigenvalue weighted by molar-refractivity contribution is -0.0171. The number of carbonyl (C=O) groups excluding carboxylic acids is 1. The van der Waals surface area contributed by atoms with Crippen LogP contribution >= 0.6 is 15.9 Å². The zero-order valence-corrected chi connectivity index (χ0v) is 16.8. The van der Waals surface area contributed by atoms with E-state index in [1.807, 2.05) is 30.3 Å². The molecule has 0 unspecified atom stereocenters. The monoisotopic (exact) mass is 429 g/mol. The first-order valence-electron chi connectivity index (χ1n) is 9.87. The Morgan fingerprint density at radius 2 is 1.74 bits per heavy atom. The summed E-state index contributed by atoms with van der Waals surface area (Å²) in [5.74, 6) is 4.14. The number of halogens is 1. The molecule has 27 heavy (non-hydrogen) atoms. The highest BCUT2D eigenvalue weighted by Crippen LogP contribution is 2.55. The number of ether oxygens (including phenoxy) is 1. The van der Waals surface area contributed by atoms with E-state index in [0.29, 0.717) is 18.1 Å². The number of amides is 1. The molecule has 0 spiro atoms. The number of furan rings is 1. The number of nitrogens with one attached hydrogen (secondary N) is 1. The highest BCUT2D eigenvalue weighted by molar-refractivity contribution is 9.10. The molecule has 4 saturated carbocycles. The summed E-state index contributed by atoms with van der Waals surface area (Å²) in [7, 11) is 0. The standard InChI is InChI=1S/C22H24BrNO3/c23-18-3-1-2-4-19(18)26-13-17-5-6-20(27-17)21(25)24-22-10-14-7-15(11-22)9-16(8-14)12-22/h1-6,14-16H,7-13H2,(H,24,25). The molecular weight excluding hydrogens is 406 g/mol. The second-order valence-electron chi connectivity index (χ2n) is 8.64. The van der Waals surface area contributed by atoms with Crippen molar-refractivity contribution in [2.24, 2.45) is 17.8 Å². The highest BCUT2D eigenvalue weighted by atomic mass is 79.9. The van der Waals surface area contributed by atoms with Crippen molar-refractivity contribution in [3.05, 3.63) is 52.4 Å². The normalized spacial score (nSPS) is 31.1. The third-order valence-corrected chi connectivity index (χ3v) is 7.16. The van der Waals surface area contributed by atoms with E-state index in [9.17, 15) is 4.79 Å². The van der Waals surface area contributed by atoms with Gasteiger partial charge in [0.1, 0.15) is 18.1 Å². The molecule has 4 nitrogen and oxygen atoms in total. The average Bonchev–Trinajstić information content (AvgIpc) is 3.09. The quantitative estimate of drug-likeness (QED) is 0.699. The first-order valence-corrected chi connectivity index (χ1v) is 10.7. The molecule has 2 aromatic rings. The first-order chi connectivity index (χ1) is 13.1. The van der Waals surface area contributed by atoms with Crippen LogP contribution in [0.4, 0.5) is 0 Å². The molecule has 0 saturated heterocycles. The molecule has 0 aliphatic heterocycles. The van der Waals surface area contributed by atoms with Crippen LogP contribution in [0.15, 0.2) is 45.3 Å². The van der Waals surface area contributed by atoms with Crippen LogP contribution in [0, 0.1) is 17.8 Å². The Morgan fingerprint density at radius 3 is 2.41 bits per heavy atom. The Hall–Kier alpha value is -1.75. The molecular formula is C22H24BrNO3. The van der Waals surface area contributed by atoms with Crippen molar-refractivity contribution in [2.45, 2.75) is 50.7 Å². The molecule has 0 radical (unpaired) electrons. The summed E-state index contributed by atoms with van der Waals surface area (Å²) in [6.45, 7) is 0.299. The van der Waals surface area contributed by atoms with Crippen molar-refractivity contribution in [2.75, 3.05) is 0 Å². The van der Waals surface area contributed by atoms with Gasteiger partial charge in [-0.05, 0) is 96.5 Å². The van der Waals surface area contributed by atoms with Crippen LogP contribution in [0.3, 0.4) is 0 Å². The third-order valence-electron chi connectivity index (χ3n) is 6.51. The molecule has 142 valence electrons. The summed E-state index contributed by atoms with van der Waals surface area (Å²) in [6.07, 6.45) is 7.53. The molecule has 0 atom stereocenters. The van der Waals surface area contributed by atoms with Gasteiger partial charge in [0, 0.05) is 5.54 Å². The fraction of sp³-hybridized carbons (Fsp3) is 0.500. The van der Waals surface area contributed by atoms with E-state index >= 15 is 0 Å². The largest absolute Gasteiger partial charge is 0.484 e. The second kappa shape index (κ2) is 6.69. The minimum atomic E-state index is -0.0795. The van der Waals surface area contributed by atoms with Gasteiger partial charge in [-0.1, -0.05) is 12.1 Å². The summed E-state index contributed by atoms with van der Waals surface area (Å²) in [5, 5.41) is 3.36. The van der Waals surface area contributed by atoms with Crippen LogP contribution < -0.4 is 10.1 Å². The average molecular weight is 430 g/mol. The molecule has 1 aromatic heterocycles. The molecule has 1 aromatic carbocycles. The summed E-state index contributed by atoms with van der Waals surface area (Å²) >= 11 is 3.47. The molecule has 5 heteroatoms. The van der Waals surface area contributed by atoms with Crippen LogP contribution in [0.25, 0.3) is 0 Å². The summed E-state index contributed by atoms with van der Waals surface area (Å²) in [5.41, 5.74) is 0.00416. The molecule has 1 amide bonds. The summed E-state index contributed by atoms with van der Waals surface area (Å²) in [4.78, 5) is 12.8. The third kappa shape index (κ3) is 3.42. The van der Waals surface area contributed by atoms with E-state index in [-0.39, 0.29) is 11.4 Å². The van der Waals surface area contributed by atoms with Gasteiger partial charge in [0.2, 0.25) is 0 Å². The highest BCUT2D eigenvalue weighted by Gasteiger charge is 2.51. The number of para-hydroxylation sites is 1. The van der Waals surface area contributed by atoms with Gasteiger partial charge in [0.05, 0.1) is 4.47 Å². The number of carbonyl (C=O) groups is 1. The lowest BCUT2D eigenvalue weighted by atomic mass is 9.53. The Kier molecular flexibility index (Phi) is 4.30. The van der Waals surface area contributed by atoms with E-state index in [4.69, 9.17) is 9.15 Å². The first kappa shape index (κ1) is 17.4. The van der Waals surface area contributed by atoms with E-state index in [1.54, 1.807) is 6.07 Å². The number of hydrogen-bond acceptors (Lipinski definition) is 3. The summed E-state index contributed by atoms with van der Waals surface area (Å²) in [6, 6.07) is 11.3. The van der Waals surface area contributed by atoms with Gasteiger partial charge in [-0.15, -0.1) is 0 Å². The van der Waals surface area contributed by atoms with Crippen molar-refractivity contribution < 1.29 is 13.9 Å². The van der Waals surface area contributed by atoms with Crippen LogP contribution in [-0.4, -0.2) is 11.4 Å². The number of hydrogen-bond donors (Lipinski definition) is 1. The maximum absolute atomic E-state index is 12.8. The molecule has 1 heterocycles. The SMILES string of the molecule is O=C(NC12CC3CC(CC(C3)C1)C2)c1ccc(COc2ccccc2Br)o1. The topological polar surface area (TPSA) is 51.5 Å². The van der Waals surface area contributed by atoms with Crippen LogP contribution in [0.5, 0.6) is 5.75 Å². The molecule has 4 aliphatic rings. The zero-order chi connectivity index (χ0) is 18.4. The van der Waals surface area contributed by atoms with Gasteiger partial charge in [-0.3, -0.25) is 4.79 Å². The van der Waals surface area contributed by atoms with Gasteiger partial charge in [0.15, 0.2) is 5.76 Å². The van der Waals surface area contributed by atoms with Crippen molar-refractivity contribution in [3.8, 4) is 5.75 Å². The number of rotatable bonds is 5. The van der Waals surface area contributed by atoms with Gasteiger partial charge in [-0.2, -0.15) is 0 Å². The molecule has 4 fully saturated rings. The molecule has 1 N–H and O–H groups in total. The fourth-order valence-corrected chi connectivity index (χ4v) is 6.25. The lowest BCUT2D eigenvalue weighted by Crippen LogP contribution is -2.59. The predicted octanol–water partition coefficient (Wildman–Crippen LogP) is 5.32. The van der Waals surface area contributed by atoms with E-state index in [1.165, 1.54) is 19.3 Å². The van der Waals surface area contributed by atoms with Gasteiger partial charge in [-0.25, -0.2) is 0 Å². The smallest absolute Gasteiger partial charge is 0.287 e. The van der Waals surface area contributed by atoms with Gasteiger partial charge >= 0.3 is 0 Å². The van der Waals surface area contributed by atoms with E-state index in [2.05, 4.69) is 21.2 Å². The van der Waals surface area contributed by atoms with Crippen LogP contribution in [0.2, 0.25) is 0 Å². The Labute approximate surface area is 167 Å². The van der Waals surface area contributed by atoms with Crippen LogP contribution in [0.1, 0.15) is 54.8 Å². The van der Waals surface area contributed by atoms with E-state index < -0.39 is 0 Å². The van der Waals surface area contributed by atoms with Crippen LogP contribution in [-0.2, 0) is 6.61 Å². The summed E-state index contributed by atoms with van der Waals surface area (Å²) < 4.78 is 12.4. The second-order valence-corrected chi connectivity index (χ2v) is 9.49. The van der Waals surface area contributed by atoms with Crippen molar-refractivity contribution in [1.82, 2.24) is 5.32 Å². The molecule has 4 bridgehead atoms. The maximum Gasteiger partial charge on any atom is 0.287 e. The molecule has 6 rings (SSSR count). The van der Waals surface area contributed by atoms with Crippen molar-refractivity contribution in [3.63, 3.8) is 0 Å². The predicted molar refractivity (Wildman–Crippen MR) is 106 cm³/mol. The minimum Gasteiger partial charge on any atom is -0.484 e. The Bertz CT molecular complexity index is 823. The lowest BCUT2D eigenvalue weighted by Gasteiger charge is -2.56. The fourth-order valence-electron chi connectivity index (χ4n) is 5.85. The maximum atomic E-state index is 12.8. The Balaban J connectivity index is 1.23. The zero-order valence-electron chi connectivity index (χ0n) is 15.2. The van der Waals surface area contributed by atoms with Gasteiger partial charge in [0.25, 0.3) is 5.91 Å². The minimum absolute atomic E-state index is 0.00416. The van der Waals surface area contributed by atoms with Gasteiger partial charge < -0.3 is 14.5 Å². The van der Waals surface area contributed by atoms with Crippen molar-refractivity contribution >= 4 is 21.8 Å².